The summed E-state index contributed by atoms with van der Waals surface area (Å²) in [4.78, 5) is 19.3. The summed E-state index contributed by atoms with van der Waals surface area (Å²) in [5, 5.41) is 4.07. The van der Waals surface area contributed by atoms with Gasteiger partial charge in [-0.3, -0.25) is 4.79 Å². The zero-order valence-electron chi connectivity index (χ0n) is 15.9. The number of amides is 1. The van der Waals surface area contributed by atoms with Gasteiger partial charge in [-0.1, -0.05) is 11.2 Å². The molecule has 1 saturated heterocycles. The van der Waals surface area contributed by atoms with Crippen molar-refractivity contribution in [1.29, 1.82) is 0 Å². The van der Waals surface area contributed by atoms with Gasteiger partial charge >= 0.3 is 0 Å². The second kappa shape index (κ2) is 8.85. The van der Waals surface area contributed by atoms with Crippen LogP contribution >= 0.6 is 0 Å². The molecule has 1 fully saturated rings. The van der Waals surface area contributed by atoms with E-state index in [0.717, 1.165) is 12.8 Å². The van der Waals surface area contributed by atoms with Gasteiger partial charge in [0.2, 0.25) is 0 Å². The molecule has 0 N–H and O–H groups in total. The monoisotopic (exact) mass is 375 g/mol. The number of rotatable bonds is 7. The molecule has 8 heteroatoms. The Hall–Kier alpha value is -2.61. The van der Waals surface area contributed by atoms with E-state index in [0.29, 0.717) is 55.1 Å². The molecule has 0 saturated carbocycles. The van der Waals surface area contributed by atoms with Crippen LogP contribution in [0.4, 0.5) is 0 Å². The molecule has 0 bridgehead atoms. The lowest BCUT2D eigenvalue weighted by Gasteiger charge is -2.31. The van der Waals surface area contributed by atoms with Crippen molar-refractivity contribution in [2.24, 2.45) is 0 Å². The molecule has 2 heterocycles. The SMILES string of the molecule is CCOCc1nc(C2CCCN(C(=O)c3cccc(OC)c3OC)C2)no1. The number of para-hydroxylation sites is 1. The van der Waals surface area contributed by atoms with Crippen molar-refractivity contribution in [2.45, 2.75) is 32.3 Å². The van der Waals surface area contributed by atoms with Crippen molar-refractivity contribution in [3.8, 4) is 11.5 Å². The highest BCUT2D eigenvalue weighted by Crippen LogP contribution is 2.33. The number of hydrogen-bond donors (Lipinski definition) is 0. The van der Waals surface area contributed by atoms with Crippen LogP contribution in [0.5, 0.6) is 11.5 Å². The fraction of sp³-hybridized carbons (Fsp3) is 0.526. The Morgan fingerprint density at radius 1 is 1.33 bits per heavy atom. The summed E-state index contributed by atoms with van der Waals surface area (Å²) in [5.74, 6) is 2.03. The Labute approximate surface area is 158 Å². The molecule has 1 aliphatic heterocycles. The standard InChI is InChI=1S/C19H25N3O5/c1-4-26-12-16-20-18(21-27-16)13-7-6-10-22(11-13)19(23)14-8-5-9-15(24-2)17(14)25-3/h5,8-9,13H,4,6-7,10-12H2,1-3H3. The van der Waals surface area contributed by atoms with E-state index >= 15 is 0 Å². The predicted molar refractivity (Wildman–Crippen MR) is 97.1 cm³/mol. The van der Waals surface area contributed by atoms with Crippen LogP contribution in [0.2, 0.25) is 0 Å². The summed E-state index contributed by atoms with van der Waals surface area (Å²) < 4.78 is 21.2. The van der Waals surface area contributed by atoms with Gasteiger partial charge in [0, 0.05) is 25.6 Å². The van der Waals surface area contributed by atoms with Gasteiger partial charge in [0.25, 0.3) is 11.8 Å². The topological polar surface area (TPSA) is 86.9 Å². The number of ether oxygens (including phenoxy) is 3. The molecule has 0 radical (unpaired) electrons. The number of nitrogens with zero attached hydrogens (tertiary/aromatic N) is 3. The summed E-state index contributed by atoms with van der Waals surface area (Å²) in [6, 6.07) is 5.31. The number of carbonyl (C=O) groups excluding carboxylic acids is 1. The molecule has 1 amide bonds. The smallest absolute Gasteiger partial charge is 0.257 e. The van der Waals surface area contributed by atoms with E-state index in [1.165, 1.54) is 7.11 Å². The number of benzene rings is 1. The molecular formula is C19H25N3O5. The number of hydrogen-bond acceptors (Lipinski definition) is 7. The molecule has 0 spiro atoms. The second-order valence-electron chi connectivity index (χ2n) is 6.31. The molecule has 1 unspecified atom stereocenters. The normalized spacial score (nSPS) is 17.0. The Kier molecular flexibility index (Phi) is 6.28. The minimum atomic E-state index is -0.0894. The van der Waals surface area contributed by atoms with Gasteiger partial charge in [0.05, 0.1) is 19.8 Å². The van der Waals surface area contributed by atoms with Crippen molar-refractivity contribution in [2.75, 3.05) is 33.9 Å². The van der Waals surface area contributed by atoms with Crippen molar-refractivity contribution >= 4 is 5.91 Å². The zero-order chi connectivity index (χ0) is 19.2. The lowest BCUT2D eigenvalue weighted by Crippen LogP contribution is -2.39. The number of methoxy groups -OCH3 is 2. The first kappa shape index (κ1) is 19.2. The maximum Gasteiger partial charge on any atom is 0.257 e. The lowest BCUT2D eigenvalue weighted by atomic mass is 9.96. The summed E-state index contributed by atoms with van der Waals surface area (Å²) in [7, 11) is 3.09. The quantitative estimate of drug-likeness (QED) is 0.735. The van der Waals surface area contributed by atoms with Gasteiger partial charge in [-0.25, -0.2) is 0 Å². The first-order valence-electron chi connectivity index (χ1n) is 9.08. The zero-order valence-corrected chi connectivity index (χ0v) is 15.9. The van der Waals surface area contributed by atoms with Crippen LogP contribution in [0.3, 0.4) is 0 Å². The number of likely N-dealkylation sites (tertiary alicyclic amines) is 1. The highest BCUT2D eigenvalue weighted by atomic mass is 16.5. The number of piperidine rings is 1. The van der Waals surface area contributed by atoms with Gasteiger partial charge in [0.1, 0.15) is 6.61 Å². The Morgan fingerprint density at radius 2 is 2.19 bits per heavy atom. The third-order valence-electron chi connectivity index (χ3n) is 4.62. The molecule has 1 aromatic heterocycles. The summed E-state index contributed by atoms with van der Waals surface area (Å²) in [5.41, 5.74) is 0.489. The van der Waals surface area contributed by atoms with Crippen LogP contribution in [0.25, 0.3) is 0 Å². The average Bonchev–Trinajstić information content (AvgIpc) is 3.20. The van der Waals surface area contributed by atoms with Crippen LogP contribution in [0, 0.1) is 0 Å². The largest absolute Gasteiger partial charge is 0.493 e. The molecule has 1 atom stereocenters. The van der Waals surface area contributed by atoms with Crippen LogP contribution in [0.15, 0.2) is 22.7 Å². The van der Waals surface area contributed by atoms with Crippen molar-refractivity contribution in [3.05, 3.63) is 35.5 Å². The molecule has 146 valence electrons. The van der Waals surface area contributed by atoms with E-state index < -0.39 is 0 Å². The van der Waals surface area contributed by atoms with Gasteiger partial charge in [0.15, 0.2) is 17.3 Å². The van der Waals surface area contributed by atoms with E-state index in [-0.39, 0.29) is 11.8 Å². The Balaban J connectivity index is 1.74. The van der Waals surface area contributed by atoms with E-state index in [2.05, 4.69) is 10.1 Å². The van der Waals surface area contributed by atoms with Crippen molar-refractivity contribution in [3.63, 3.8) is 0 Å². The molecule has 27 heavy (non-hydrogen) atoms. The molecule has 8 nitrogen and oxygen atoms in total. The first-order chi connectivity index (χ1) is 13.2. The summed E-state index contributed by atoms with van der Waals surface area (Å²) >= 11 is 0. The second-order valence-corrected chi connectivity index (χ2v) is 6.31. The molecule has 2 aromatic rings. The van der Waals surface area contributed by atoms with Crippen LogP contribution < -0.4 is 9.47 Å². The predicted octanol–water partition coefficient (Wildman–Crippen LogP) is 2.64. The van der Waals surface area contributed by atoms with Gasteiger partial charge in [-0.2, -0.15) is 4.98 Å². The van der Waals surface area contributed by atoms with Gasteiger partial charge in [-0.15, -0.1) is 0 Å². The van der Waals surface area contributed by atoms with Crippen LogP contribution in [-0.2, 0) is 11.3 Å². The maximum atomic E-state index is 13.1. The van der Waals surface area contributed by atoms with Crippen LogP contribution in [0.1, 0.15) is 47.8 Å². The number of aromatic nitrogens is 2. The maximum absolute atomic E-state index is 13.1. The van der Waals surface area contributed by atoms with Gasteiger partial charge < -0.3 is 23.6 Å². The molecule has 0 aliphatic carbocycles. The Morgan fingerprint density at radius 3 is 2.93 bits per heavy atom. The fourth-order valence-electron chi connectivity index (χ4n) is 3.28. The molecular weight excluding hydrogens is 350 g/mol. The Bertz CT molecular complexity index is 776. The average molecular weight is 375 g/mol. The minimum Gasteiger partial charge on any atom is -0.493 e. The van der Waals surface area contributed by atoms with Crippen molar-refractivity contribution < 1.29 is 23.5 Å². The third kappa shape index (κ3) is 4.21. The first-order valence-corrected chi connectivity index (χ1v) is 9.08. The summed E-state index contributed by atoms with van der Waals surface area (Å²) in [6.07, 6.45) is 1.78. The van der Waals surface area contributed by atoms with Crippen LogP contribution in [-0.4, -0.2) is 54.9 Å². The van der Waals surface area contributed by atoms with E-state index in [9.17, 15) is 4.79 Å². The fourth-order valence-corrected chi connectivity index (χ4v) is 3.28. The van der Waals surface area contributed by atoms with Crippen molar-refractivity contribution in [1.82, 2.24) is 15.0 Å². The third-order valence-corrected chi connectivity index (χ3v) is 4.62. The molecule has 3 rings (SSSR count). The number of carbonyl (C=O) groups is 1. The molecule has 1 aromatic carbocycles. The van der Waals surface area contributed by atoms with Gasteiger partial charge in [-0.05, 0) is 31.9 Å². The summed E-state index contributed by atoms with van der Waals surface area (Å²) in [6.45, 7) is 4.02. The van der Waals surface area contributed by atoms with E-state index in [1.54, 1.807) is 25.3 Å². The minimum absolute atomic E-state index is 0.0402. The molecule has 1 aliphatic rings. The highest BCUT2D eigenvalue weighted by Gasteiger charge is 2.30. The lowest BCUT2D eigenvalue weighted by molar-refractivity contribution is 0.0699. The van der Waals surface area contributed by atoms with E-state index in [4.69, 9.17) is 18.7 Å². The highest BCUT2D eigenvalue weighted by molar-refractivity contribution is 5.98. The van der Waals surface area contributed by atoms with E-state index in [1.807, 2.05) is 11.8 Å².